The summed E-state index contributed by atoms with van der Waals surface area (Å²) in [5, 5.41) is 11.8. The first kappa shape index (κ1) is 24.6. The number of ether oxygens (including phenoxy) is 4. The molecule has 7 nitrogen and oxygen atoms in total. The van der Waals surface area contributed by atoms with Crippen molar-refractivity contribution in [3.05, 3.63) is 41.6 Å². The van der Waals surface area contributed by atoms with E-state index in [0.29, 0.717) is 29.5 Å². The maximum atomic E-state index is 10.9. The maximum Gasteiger partial charge on any atom is 0.162 e. The van der Waals surface area contributed by atoms with E-state index in [9.17, 15) is 5.11 Å². The summed E-state index contributed by atoms with van der Waals surface area (Å²) >= 11 is 0. The van der Waals surface area contributed by atoms with Gasteiger partial charge in [-0.2, -0.15) is 0 Å². The summed E-state index contributed by atoms with van der Waals surface area (Å²) in [7, 11) is 6.44. The van der Waals surface area contributed by atoms with Gasteiger partial charge in [-0.05, 0) is 49.3 Å². The van der Waals surface area contributed by atoms with Gasteiger partial charge in [-0.1, -0.05) is 19.9 Å². The predicted octanol–water partition coefficient (Wildman–Crippen LogP) is 4.83. The summed E-state index contributed by atoms with van der Waals surface area (Å²) in [6, 6.07) is 9.57. The summed E-state index contributed by atoms with van der Waals surface area (Å²) in [5.74, 6) is 2.46. The zero-order chi connectivity index (χ0) is 24.1. The summed E-state index contributed by atoms with van der Waals surface area (Å²) in [5.41, 5.74) is 4.17. The van der Waals surface area contributed by atoms with Crippen LogP contribution in [0.2, 0.25) is 0 Å². The Kier molecular flexibility index (Phi) is 8.00. The van der Waals surface area contributed by atoms with Crippen LogP contribution in [0.25, 0.3) is 22.0 Å². The van der Waals surface area contributed by atoms with Crippen molar-refractivity contribution in [1.82, 2.24) is 9.88 Å². The zero-order valence-electron chi connectivity index (χ0n) is 20.6. The number of benzene rings is 2. The second-order valence-electron chi connectivity index (χ2n) is 7.78. The van der Waals surface area contributed by atoms with Crippen molar-refractivity contribution in [2.45, 2.75) is 33.4 Å². The second-order valence-corrected chi connectivity index (χ2v) is 7.78. The largest absolute Gasteiger partial charge is 0.493 e. The van der Waals surface area contributed by atoms with Crippen LogP contribution < -0.4 is 18.9 Å². The zero-order valence-corrected chi connectivity index (χ0v) is 20.6. The van der Waals surface area contributed by atoms with E-state index in [0.717, 1.165) is 46.4 Å². The Morgan fingerprint density at radius 1 is 0.848 bits per heavy atom. The van der Waals surface area contributed by atoms with Gasteiger partial charge in [0, 0.05) is 23.6 Å². The molecule has 0 aliphatic rings. The topological polar surface area (TPSA) is 73.3 Å². The van der Waals surface area contributed by atoms with Gasteiger partial charge in [-0.3, -0.25) is 9.88 Å². The van der Waals surface area contributed by atoms with Gasteiger partial charge in [0.2, 0.25) is 0 Å². The van der Waals surface area contributed by atoms with E-state index in [1.54, 1.807) is 35.4 Å². The molecule has 0 saturated carbocycles. The van der Waals surface area contributed by atoms with Crippen LogP contribution in [0, 0.1) is 0 Å². The number of aliphatic hydroxyl groups is 1. The molecule has 1 N–H and O–H groups in total. The van der Waals surface area contributed by atoms with Crippen molar-refractivity contribution in [1.29, 1.82) is 0 Å². The Labute approximate surface area is 195 Å². The van der Waals surface area contributed by atoms with Crippen molar-refractivity contribution in [2.24, 2.45) is 0 Å². The molecule has 0 radical (unpaired) electrons. The number of nitrogens with zero attached hydrogens (tertiary/aromatic N) is 2. The molecular formula is C26H34N2O5. The third kappa shape index (κ3) is 4.84. The highest BCUT2D eigenvalue weighted by Crippen LogP contribution is 2.43. The van der Waals surface area contributed by atoms with Gasteiger partial charge in [0.1, 0.15) is 0 Å². The smallest absolute Gasteiger partial charge is 0.162 e. The molecule has 1 unspecified atom stereocenters. The summed E-state index contributed by atoms with van der Waals surface area (Å²) < 4.78 is 22.1. The summed E-state index contributed by atoms with van der Waals surface area (Å²) in [6.07, 6.45) is -0.733. The Hall–Kier alpha value is -3.03. The third-order valence-electron chi connectivity index (χ3n) is 5.96. The highest BCUT2D eigenvalue weighted by molar-refractivity contribution is 5.99. The molecule has 1 heterocycles. The van der Waals surface area contributed by atoms with Crippen LogP contribution in [0.5, 0.6) is 23.0 Å². The molecule has 7 heteroatoms. The van der Waals surface area contributed by atoms with Crippen molar-refractivity contribution in [3.63, 3.8) is 0 Å². The van der Waals surface area contributed by atoms with E-state index in [2.05, 4.69) is 18.7 Å². The van der Waals surface area contributed by atoms with Crippen LogP contribution in [0.15, 0.2) is 30.3 Å². The third-order valence-corrected chi connectivity index (χ3v) is 5.96. The normalized spacial score (nSPS) is 12.2. The van der Waals surface area contributed by atoms with Gasteiger partial charge in [0.15, 0.2) is 23.0 Å². The van der Waals surface area contributed by atoms with Crippen LogP contribution in [-0.4, -0.2) is 56.5 Å². The van der Waals surface area contributed by atoms with Gasteiger partial charge in [-0.25, -0.2) is 0 Å². The molecule has 0 aliphatic heterocycles. The lowest BCUT2D eigenvalue weighted by molar-refractivity contribution is 0.195. The molecule has 33 heavy (non-hydrogen) atoms. The average molecular weight is 455 g/mol. The number of methoxy groups -OCH3 is 4. The molecule has 0 fully saturated rings. The molecular weight excluding hydrogens is 420 g/mol. The minimum absolute atomic E-state index is 0.599. The molecule has 0 aliphatic carbocycles. The minimum Gasteiger partial charge on any atom is -0.493 e. The molecule has 0 saturated heterocycles. The molecule has 0 bridgehead atoms. The van der Waals surface area contributed by atoms with E-state index >= 15 is 0 Å². The molecule has 0 amide bonds. The van der Waals surface area contributed by atoms with Gasteiger partial charge < -0.3 is 24.1 Å². The van der Waals surface area contributed by atoms with Crippen LogP contribution in [-0.2, 0) is 6.54 Å². The average Bonchev–Trinajstić information content (AvgIpc) is 2.84. The Balaban J connectivity index is 2.44. The van der Waals surface area contributed by atoms with Crippen LogP contribution in [0.4, 0.5) is 0 Å². The van der Waals surface area contributed by atoms with E-state index in [-0.39, 0.29) is 0 Å². The Morgan fingerprint density at radius 3 is 1.97 bits per heavy atom. The monoisotopic (exact) mass is 454 g/mol. The van der Waals surface area contributed by atoms with Crippen molar-refractivity contribution in [3.8, 4) is 34.1 Å². The van der Waals surface area contributed by atoms with E-state index in [1.807, 2.05) is 30.3 Å². The molecule has 178 valence electrons. The van der Waals surface area contributed by atoms with Crippen molar-refractivity contribution >= 4 is 10.9 Å². The fraction of sp³-hybridized carbons (Fsp3) is 0.423. The molecule has 1 aromatic heterocycles. The summed E-state index contributed by atoms with van der Waals surface area (Å²) in [4.78, 5) is 7.26. The first-order valence-corrected chi connectivity index (χ1v) is 11.1. The number of fused-ring (bicyclic) bond motifs is 1. The second kappa shape index (κ2) is 10.7. The number of pyridine rings is 1. The van der Waals surface area contributed by atoms with E-state index in [4.69, 9.17) is 23.9 Å². The highest BCUT2D eigenvalue weighted by Gasteiger charge is 2.23. The number of rotatable bonds is 10. The molecule has 2 aromatic carbocycles. The lowest BCUT2D eigenvalue weighted by atomic mass is 9.91. The Bertz CT molecular complexity index is 1110. The van der Waals surface area contributed by atoms with Gasteiger partial charge >= 0.3 is 0 Å². The van der Waals surface area contributed by atoms with Crippen molar-refractivity contribution < 1.29 is 24.1 Å². The minimum atomic E-state index is -0.733. The van der Waals surface area contributed by atoms with Crippen LogP contribution >= 0.6 is 0 Å². The SMILES string of the molecule is CCN(CC)Cc1nc2cc(OC)c(OC)cc2c(-c2ccc(OC)c(OC)c2)c1C(C)O. The number of aliphatic hydroxyl groups excluding tert-OH is 1. The van der Waals surface area contributed by atoms with E-state index < -0.39 is 6.10 Å². The van der Waals surface area contributed by atoms with Crippen LogP contribution in [0.1, 0.15) is 38.1 Å². The van der Waals surface area contributed by atoms with Gasteiger partial charge in [-0.15, -0.1) is 0 Å². The number of hydrogen-bond acceptors (Lipinski definition) is 7. The number of hydrogen-bond donors (Lipinski definition) is 1. The highest BCUT2D eigenvalue weighted by atomic mass is 16.5. The molecule has 3 rings (SSSR count). The molecule has 3 aromatic rings. The van der Waals surface area contributed by atoms with Crippen molar-refractivity contribution in [2.75, 3.05) is 41.5 Å². The molecule has 0 spiro atoms. The lowest BCUT2D eigenvalue weighted by Crippen LogP contribution is -2.24. The lowest BCUT2D eigenvalue weighted by Gasteiger charge is -2.24. The summed E-state index contributed by atoms with van der Waals surface area (Å²) in [6.45, 7) is 8.41. The first-order valence-electron chi connectivity index (χ1n) is 11.1. The number of aromatic nitrogens is 1. The Morgan fingerprint density at radius 2 is 1.42 bits per heavy atom. The quantitative estimate of drug-likeness (QED) is 0.470. The maximum absolute atomic E-state index is 10.9. The fourth-order valence-electron chi connectivity index (χ4n) is 4.19. The first-order chi connectivity index (χ1) is 15.9. The fourth-order valence-corrected chi connectivity index (χ4v) is 4.19. The molecule has 1 atom stereocenters. The van der Waals surface area contributed by atoms with E-state index in [1.165, 1.54) is 0 Å². The van der Waals surface area contributed by atoms with Gasteiger partial charge in [0.25, 0.3) is 0 Å². The standard InChI is InChI=1S/C26H34N2O5/c1-8-28(9-2)15-20-25(16(3)29)26(17-10-11-21(30-4)22(12-17)31-5)18-13-23(32-6)24(33-7)14-19(18)27-20/h10-14,16,29H,8-9,15H2,1-7H3. The van der Waals surface area contributed by atoms with Crippen LogP contribution in [0.3, 0.4) is 0 Å². The predicted molar refractivity (Wildman–Crippen MR) is 131 cm³/mol. The van der Waals surface area contributed by atoms with Gasteiger partial charge in [0.05, 0.1) is 45.8 Å².